The van der Waals surface area contributed by atoms with Gasteiger partial charge in [-0.3, -0.25) is 4.79 Å². The average Bonchev–Trinajstić information content (AvgIpc) is 2.99. The van der Waals surface area contributed by atoms with Gasteiger partial charge in [0, 0.05) is 28.7 Å². The normalized spacial score (nSPS) is 12.5. The second kappa shape index (κ2) is 7.00. The number of aromatic nitrogens is 1. The molecule has 0 saturated carbocycles. The second-order valence-electron chi connectivity index (χ2n) is 6.27. The van der Waals surface area contributed by atoms with Gasteiger partial charge in [-0.05, 0) is 31.5 Å². The molecular formula is C21H22FNO. The summed E-state index contributed by atoms with van der Waals surface area (Å²) in [6.45, 7) is 4.34. The molecule has 1 unspecified atom stereocenters. The van der Waals surface area contributed by atoms with Crippen LogP contribution in [0, 0.1) is 5.82 Å². The van der Waals surface area contributed by atoms with Crippen molar-refractivity contribution in [2.24, 2.45) is 0 Å². The van der Waals surface area contributed by atoms with Gasteiger partial charge in [0.2, 0.25) is 0 Å². The molecule has 2 nitrogen and oxygen atoms in total. The Hall–Kier alpha value is -2.42. The Morgan fingerprint density at radius 2 is 1.79 bits per heavy atom. The van der Waals surface area contributed by atoms with E-state index in [0.717, 1.165) is 30.2 Å². The highest BCUT2D eigenvalue weighted by molar-refractivity contribution is 6.16. The van der Waals surface area contributed by atoms with Crippen LogP contribution in [0.15, 0.2) is 54.7 Å². The molecule has 3 aromatic rings. The molecular weight excluding hydrogens is 301 g/mol. The topological polar surface area (TPSA) is 22.0 Å². The number of halogens is 1. The van der Waals surface area contributed by atoms with Gasteiger partial charge in [-0.25, -0.2) is 4.39 Å². The molecule has 2 aromatic carbocycles. The van der Waals surface area contributed by atoms with E-state index < -0.39 is 5.82 Å². The lowest BCUT2D eigenvalue weighted by molar-refractivity contribution is 0.103. The third-order valence-corrected chi connectivity index (χ3v) is 4.55. The van der Waals surface area contributed by atoms with E-state index in [4.69, 9.17) is 0 Å². The summed E-state index contributed by atoms with van der Waals surface area (Å²) < 4.78 is 16.2. The number of hydrogen-bond donors (Lipinski definition) is 0. The van der Waals surface area contributed by atoms with Gasteiger partial charge in [-0.1, -0.05) is 50.1 Å². The lowest BCUT2D eigenvalue weighted by Gasteiger charge is -2.14. The lowest BCUT2D eigenvalue weighted by atomic mass is 10.0. The molecule has 1 aromatic heterocycles. The number of benzene rings is 2. The van der Waals surface area contributed by atoms with Crippen LogP contribution in [0.2, 0.25) is 0 Å². The summed E-state index contributed by atoms with van der Waals surface area (Å²) >= 11 is 0. The smallest absolute Gasteiger partial charge is 0.198 e. The largest absolute Gasteiger partial charge is 0.344 e. The van der Waals surface area contributed by atoms with Crippen molar-refractivity contribution in [2.75, 3.05) is 0 Å². The van der Waals surface area contributed by atoms with Crippen molar-refractivity contribution in [1.29, 1.82) is 0 Å². The van der Waals surface area contributed by atoms with E-state index in [9.17, 15) is 9.18 Å². The fraction of sp³-hybridized carbons (Fsp3) is 0.286. The predicted molar refractivity (Wildman–Crippen MR) is 96.0 cm³/mol. The zero-order valence-corrected chi connectivity index (χ0v) is 14.1. The summed E-state index contributed by atoms with van der Waals surface area (Å²) in [5, 5.41) is 0.883. The highest BCUT2D eigenvalue weighted by Crippen LogP contribution is 2.29. The predicted octanol–water partition coefficient (Wildman–Crippen LogP) is 5.76. The molecule has 0 N–H and O–H groups in total. The number of para-hydroxylation sites is 1. The van der Waals surface area contributed by atoms with E-state index in [-0.39, 0.29) is 11.3 Å². The number of unbranched alkanes of at least 4 members (excludes halogenated alkanes) is 1. The van der Waals surface area contributed by atoms with Gasteiger partial charge in [-0.2, -0.15) is 0 Å². The van der Waals surface area contributed by atoms with Crippen LogP contribution in [0.4, 0.5) is 4.39 Å². The molecule has 3 rings (SSSR count). The average molecular weight is 323 g/mol. The maximum absolute atomic E-state index is 14.0. The van der Waals surface area contributed by atoms with E-state index in [1.165, 1.54) is 6.07 Å². The Morgan fingerprint density at radius 1 is 1.08 bits per heavy atom. The summed E-state index contributed by atoms with van der Waals surface area (Å²) in [4.78, 5) is 12.9. The summed E-state index contributed by atoms with van der Waals surface area (Å²) in [5.74, 6) is -0.732. The van der Waals surface area contributed by atoms with Gasteiger partial charge in [0.15, 0.2) is 5.78 Å². The molecule has 3 heteroatoms. The monoisotopic (exact) mass is 323 g/mol. The van der Waals surface area contributed by atoms with E-state index >= 15 is 0 Å². The maximum atomic E-state index is 14.0. The number of ketones is 1. The van der Waals surface area contributed by atoms with Gasteiger partial charge in [0.05, 0.1) is 5.56 Å². The van der Waals surface area contributed by atoms with Crippen LogP contribution < -0.4 is 0 Å². The first-order chi connectivity index (χ1) is 11.6. The van der Waals surface area contributed by atoms with Crippen molar-refractivity contribution < 1.29 is 9.18 Å². The van der Waals surface area contributed by atoms with E-state index in [2.05, 4.69) is 18.4 Å². The Kier molecular flexibility index (Phi) is 4.79. The van der Waals surface area contributed by atoms with Crippen molar-refractivity contribution in [3.8, 4) is 0 Å². The molecule has 1 atom stereocenters. The number of fused-ring (bicyclic) bond motifs is 1. The van der Waals surface area contributed by atoms with Gasteiger partial charge >= 0.3 is 0 Å². The minimum Gasteiger partial charge on any atom is -0.344 e. The van der Waals surface area contributed by atoms with Gasteiger partial charge in [0.25, 0.3) is 0 Å². The van der Waals surface area contributed by atoms with Crippen LogP contribution in [0.25, 0.3) is 10.9 Å². The number of carbonyl (C=O) groups excluding carboxylic acids is 1. The fourth-order valence-corrected chi connectivity index (χ4v) is 3.18. The molecule has 1 heterocycles. The molecule has 0 saturated heterocycles. The summed E-state index contributed by atoms with van der Waals surface area (Å²) in [7, 11) is 0. The molecule has 0 fully saturated rings. The van der Waals surface area contributed by atoms with Crippen molar-refractivity contribution in [1.82, 2.24) is 4.57 Å². The summed E-state index contributed by atoms with van der Waals surface area (Å²) in [6, 6.07) is 14.3. The van der Waals surface area contributed by atoms with Crippen LogP contribution in [-0.4, -0.2) is 10.4 Å². The van der Waals surface area contributed by atoms with Crippen LogP contribution in [0.3, 0.4) is 0 Å². The van der Waals surface area contributed by atoms with Crippen LogP contribution in [0.5, 0.6) is 0 Å². The fourth-order valence-electron chi connectivity index (χ4n) is 3.18. The molecule has 0 aliphatic heterocycles. The van der Waals surface area contributed by atoms with E-state index in [1.54, 1.807) is 18.2 Å². The van der Waals surface area contributed by atoms with E-state index in [0.29, 0.717) is 11.6 Å². The third kappa shape index (κ3) is 2.99. The molecule has 0 bridgehead atoms. The van der Waals surface area contributed by atoms with E-state index in [1.807, 2.05) is 30.5 Å². The van der Waals surface area contributed by atoms with Crippen LogP contribution in [-0.2, 0) is 0 Å². The van der Waals surface area contributed by atoms with Crippen molar-refractivity contribution >= 4 is 16.7 Å². The maximum Gasteiger partial charge on any atom is 0.198 e. The minimum atomic E-state index is -0.474. The number of nitrogens with zero attached hydrogens (tertiary/aromatic N) is 1. The zero-order chi connectivity index (χ0) is 17.1. The standard InChI is InChI=1S/C21H22FNO/c1-3-4-9-15(2)23-14-18(16-10-6-8-13-20(16)23)21(24)17-11-5-7-12-19(17)22/h5-8,10-15H,3-4,9H2,1-2H3. The number of hydrogen-bond acceptors (Lipinski definition) is 1. The number of carbonyl (C=O) groups is 1. The Balaban J connectivity index is 2.09. The first kappa shape index (κ1) is 16.4. The van der Waals surface area contributed by atoms with Gasteiger partial charge in [-0.15, -0.1) is 0 Å². The molecule has 0 radical (unpaired) electrons. The molecule has 0 spiro atoms. The molecule has 0 aliphatic carbocycles. The lowest BCUT2D eigenvalue weighted by Crippen LogP contribution is -2.05. The number of rotatable bonds is 6. The Labute approximate surface area is 141 Å². The van der Waals surface area contributed by atoms with Crippen molar-refractivity contribution in [2.45, 2.75) is 39.2 Å². The highest BCUT2D eigenvalue weighted by Gasteiger charge is 2.20. The minimum absolute atomic E-state index is 0.126. The Bertz CT molecular complexity index is 865. The van der Waals surface area contributed by atoms with Gasteiger partial charge in [0.1, 0.15) is 5.82 Å². The van der Waals surface area contributed by atoms with Crippen LogP contribution >= 0.6 is 0 Å². The van der Waals surface area contributed by atoms with Gasteiger partial charge < -0.3 is 4.57 Å². The quantitative estimate of drug-likeness (QED) is 0.528. The third-order valence-electron chi connectivity index (χ3n) is 4.55. The van der Waals surface area contributed by atoms with Crippen molar-refractivity contribution in [3.05, 3.63) is 71.7 Å². The Morgan fingerprint density at radius 3 is 2.54 bits per heavy atom. The zero-order valence-electron chi connectivity index (χ0n) is 14.1. The van der Waals surface area contributed by atoms with Crippen LogP contribution in [0.1, 0.15) is 55.1 Å². The van der Waals surface area contributed by atoms with Crippen molar-refractivity contribution in [3.63, 3.8) is 0 Å². The molecule has 124 valence electrons. The molecule has 0 amide bonds. The molecule has 0 aliphatic rings. The highest BCUT2D eigenvalue weighted by atomic mass is 19.1. The summed E-state index contributed by atoms with van der Waals surface area (Å²) in [6.07, 6.45) is 5.23. The molecule has 24 heavy (non-hydrogen) atoms. The SMILES string of the molecule is CCCCC(C)n1cc(C(=O)c2ccccc2F)c2ccccc21. The first-order valence-corrected chi connectivity index (χ1v) is 8.52. The second-order valence-corrected chi connectivity index (χ2v) is 6.27. The summed E-state index contributed by atoms with van der Waals surface area (Å²) in [5.41, 5.74) is 1.72. The first-order valence-electron chi connectivity index (χ1n) is 8.52.